The summed E-state index contributed by atoms with van der Waals surface area (Å²) in [6.07, 6.45) is 1.45. The van der Waals surface area contributed by atoms with Crippen molar-refractivity contribution in [1.29, 1.82) is 0 Å². The van der Waals surface area contributed by atoms with Gasteiger partial charge < -0.3 is 16.2 Å². The van der Waals surface area contributed by atoms with Gasteiger partial charge in [-0.25, -0.2) is 0 Å². The van der Waals surface area contributed by atoms with E-state index in [9.17, 15) is 9.90 Å². The van der Waals surface area contributed by atoms with E-state index in [1.54, 1.807) is 0 Å². The largest absolute Gasteiger partial charge is 0.398 e. The number of nitrogen functional groups attached to an aromatic ring is 1. The van der Waals surface area contributed by atoms with Crippen molar-refractivity contribution >= 4 is 17.3 Å². The molecule has 1 aromatic carbocycles. The van der Waals surface area contributed by atoms with E-state index < -0.39 is 0 Å². The molecule has 1 heterocycles. The number of carbonyl (C=O) groups is 1. The second-order valence-corrected chi connectivity index (χ2v) is 5.10. The summed E-state index contributed by atoms with van der Waals surface area (Å²) in [5.41, 5.74) is 8.11. The molecule has 2 rings (SSSR count). The molecule has 1 fully saturated rings. The van der Waals surface area contributed by atoms with Crippen LogP contribution in [0.5, 0.6) is 0 Å². The molecule has 1 aliphatic rings. The first-order valence-corrected chi connectivity index (χ1v) is 6.61. The van der Waals surface area contributed by atoms with Crippen LogP contribution in [0.15, 0.2) is 18.2 Å². The van der Waals surface area contributed by atoms with Crippen LogP contribution in [-0.4, -0.2) is 41.7 Å². The number of nitrogens with two attached hydrogens (primary N) is 1. The summed E-state index contributed by atoms with van der Waals surface area (Å²) < 4.78 is 0. The molecule has 1 atom stereocenters. The second kappa shape index (κ2) is 6.04. The Balaban J connectivity index is 1.92. The van der Waals surface area contributed by atoms with Gasteiger partial charge in [0.25, 0.3) is 0 Å². The van der Waals surface area contributed by atoms with Gasteiger partial charge in [-0.3, -0.25) is 9.69 Å². The number of amides is 1. The van der Waals surface area contributed by atoms with E-state index in [4.69, 9.17) is 5.73 Å². The smallest absolute Gasteiger partial charge is 0.238 e. The third kappa shape index (κ3) is 3.68. The van der Waals surface area contributed by atoms with Gasteiger partial charge >= 0.3 is 0 Å². The molecule has 4 N–H and O–H groups in total. The molecule has 0 radical (unpaired) electrons. The number of likely N-dealkylation sites (tertiary alicyclic amines) is 1. The maximum atomic E-state index is 12.0. The molecule has 1 aromatic rings. The third-order valence-electron chi connectivity index (χ3n) is 3.50. The number of nitrogens with zero attached hydrogens (tertiary/aromatic N) is 1. The van der Waals surface area contributed by atoms with Gasteiger partial charge in [-0.1, -0.05) is 6.07 Å². The molecule has 0 bridgehead atoms. The van der Waals surface area contributed by atoms with Crippen molar-refractivity contribution in [3.63, 3.8) is 0 Å². The normalized spacial score (nSPS) is 20.2. The molecule has 104 valence electrons. The number of hydrogen-bond acceptors (Lipinski definition) is 4. The van der Waals surface area contributed by atoms with E-state index in [0.29, 0.717) is 18.8 Å². The van der Waals surface area contributed by atoms with Crippen molar-refractivity contribution in [2.24, 2.45) is 0 Å². The summed E-state index contributed by atoms with van der Waals surface area (Å²) in [5.74, 6) is -0.0669. The summed E-state index contributed by atoms with van der Waals surface area (Å²) in [4.78, 5) is 14.0. The molecule has 5 nitrogen and oxygen atoms in total. The van der Waals surface area contributed by atoms with Crippen LogP contribution >= 0.6 is 0 Å². The van der Waals surface area contributed by atoms with E-state index >= 15 is 0 Å². The number of β-amino-alcohol motifs (C(OH)–C–C–N with tert-alkyl or cyclic N) is 1. The number of piperidine rings is 1. The van der Waals surface area contributed by atoms with Gasteiger partial charge in [0.1, 0.15) is 0 Å². The van der Waals surface area contributed by atoms with Crippen LogP contribution in [0.4, 0.5) is 11.4 Å². The molecular formula is C14H21N3O2. The fourth-order valence-electron chi connectivity index (χ4n) is 2.36. The van der Waals surface area contributed by atoms with Crippen LogP contribution < -0.4 is 11.1 Å². The SMILES string of the molecule is Cc1c(N)cccc1NC(=O)CN1CCCC(O)C1. The van der Waals surface area contributed by atoms with Gasteiger partial charge in [0.2, 0.25) is 5.91 Å². The standard InChI is InChI=1S/C14H21N3O2/c1-10-12(15)5-2-6-13(10)16-14(19)9-17-7-3-4-11(18)8-17/h2,5-6,11,18H,3-4,7-9,15H2,1H3,(H,16,19). The highest BCUT2D eigenvalue weighted by Crippen LogP contribution is 2.20. The van der Waals surface area contributed by atoms with E-state index in [1.165, 1.54) is 0 Å². The average Bonchev–Trinajstić information content (AvgIpc) is 2.35. The fourth-order valence-corrected chi connectivity index (χ4v) is 2.36. The second-order valence-electron chi connectivity index (χ2n) is 5.10. The number of nitrogens with one attached hydrogen (secondary N) is 1. The molecule has 19 heavy (non-hydrogen) atoms. The Kier molecular flexibility index (Phi) is 4.39. The lowest BCUT2D eigenvalue weighted by atomic mass is 10.1. The topological polar surface area (TPSA) is 78.6 Å². The zero-order chi connectivity index (χ0) is 13.8. The van der Waals surface area contributed by atoms with Crippen LogP contribution in [0.25, 0.3) is 0 Å². The van der Waals surface area contributed by atoms with Crippen molar-refractivity contribution in [2.45, 2.75) is 25.9 Å². The van der Waals surface area contributed by atoms with Gasteiger partial charge in [-0.05, 0) is 44.0 Å². The van der Waals surface area contributed by atoms with Crippen molar-refractivity contribution in [1.82, 2.24) is 4.90 Å². The van der Waals surface area contributed by atoms with E-state index in [0.717, 1.165) is 30.6 Å². The fraction of sp³-hybridized carbons (Fsp3) is 0.500. The molecule has 1 saturated heterocycles. The van der Waals surface area contributed by atoms with E-state index in [2.05, 4.69) is 5.32 Å². The molecule has 0 aliphatic carbocycles. The number of benzene rings is 1. The Bertz CT molecular complexity index is 462. The summed E-state index contributed by atoms with van der Waals surface area (Å²) in [6, 6.07) is 5.48. The monoisotopic (exact) mass is 263 g/mol. The first-order chi connectivity index (χ1) is 9.06. The summed E-state index contributed by atoms with van der Waals surface area (Å²) in [5, 5.41) is 12.4. The molecule has 1 aliphatic heterocycles. The number of rotatable bonds is 3. The predicted octanol–water partition coefficient (Wildman–Crippen LogP) is 0.972. The van der Waals surface area contributed by atoms with Gasteiger partial charge in [-0.15, -0.1) is 0 Å². The number of aliphatic hydroxyl groups is 1. The van der Waals surface area contributed by atoms with Crippen LogP contribution in [0.1, 0.15) is 18.4 Å². The van der Waals surface area contributed by atoms with Gasteiger partial charge in [-0.2, -0.15) is 0 Å². The average molecular weight is 263 g/mol. The number of anilines is 2. The lowest BCUT2D eigenvalue weighted by Crippen LogP contribution is -2.42. The van der Waals surface area contributed by atoms with E-state index in [1.807, 2.05) is 30.0 Å². The Morgan fingerprint density at radius 2 is 2.37 bits per heavy atom. The van der Waals surface area contributed by atoms with Crippen LogP contribution in [-0.2, 0) is 4.79 Å². The Labute approximate surface area is 113 Å². The lowest BCUT2D eigenvalue weighted by molar-refractivity contribution is -0.118. The van der Waals surface area contributed by atoms with Crippen molar-refractivity contribution in [2.75, 3.05) is 30.7 Å². The van der Waals surface area contributed by atoms with Gasteiger partial charge in [0, 0.05) is 17.9 Å². The Morgan fingerprint density at radius 1 is 1.58 bits per heavy atom. The molecule has 1 unspecified atom stereocenters. The Hall–Kier alpha value is -1.59. The summed E-state index contributed by atoms with van der Waals surface area (Å²) in [6.45, 7) is 3.63. The van der Waals surface area contributed by atoms with Gasteiger partial charge in [0.05, 0.1) is 12.6 Å². The highest BCUT2D eigenvalue weighted by Gasteiger charge is 2.19. The van der Waals surface area contributed by atoms with Crippen molar-refractivity contribution < 1.29 is 9.90 Å². The first-order valence-electron chi connectivity index (χ1n) is 6.61. The maximum Gasteiger partial charge on any atom is 0.238 e. The summed E-state index contributed by atoms with van der Waals surface area (Å²) in [7, 11) is 0. The molecule has 0 aromatic heterocycles. The molecular weight excluding hydrogens is 242 g/mol. The Morgan fingerprint density at radius 3 is 3.11 bits per heavy atom. The minimum Gasteiger partial charge on any atom is -0.398 e. The lowest BCUT2D eigenvalue weighted by Gasteiger charge is -2.29. The molecule has 5 heteroatoms. The third-order valence-corrected chi connectivity index (χ3v) is 3.50. The molecule has 0 saturated carbocycles. The first kappa shape index (κ1) is 13.8. The maximum absolute atomic E-state index is 12.0. The summed E-state index contributed by atoms with van der Waals surface area (Å²) >= 11 is 0. The van der Waals surface area contributed by atoms with Gasteiger partial charge in [0.15, 0.2) is 0 Å². The zero-order valence-corrected chi connectivity index (χ0v) is 11.2. The minimum atomic E-state index is -0.310. The highest BCUT2D eigenvalue weighted by molar-refractivity contribution is 5.93. The molecule has 0 spiro atoms. The predicted molar refractivity (Wildman–Crippen MR) is 75.9 cm³/mol. The zero-order valence-electron chi connectivity index (χ0n) is 11.2. The molecule has 1 amide bonds. The number of hydrogen-bond donors (Lipinski definition) is 3. The quantitative estimate of drug-likeness (QED) is 0.710. The minimum absolute atomic E-state index is 0.0669. The van der Waals surface area contributed by atoms with Crippen molar-refractivity contribution in [3.05, 3.63) is 23.8 Å². The highest BCUT2D eigenvalue weighted by atomic mass is 16.3. The number of carbonyl (C=O) groups excluding carboxylic acids is 1. The van der Waals surface area contributed by atoms with Crippen LogP contribution in [0.2, 0.25) is 0 Å². The van der Waals surface area contributed by atoms with Crippen LogP contribution in [0.3, 0.4) is 0 Å². The number of aliphatic hydroxyl groups excluding tert-OH is 1. The van der Waals surface area contributed by atoms with E-state index in [-0.39, 0.29) is 12.0 Å². The van der Waals surface area contributed by atoms with Crippen molar-refractivity contribution in [3.8, 4) is 0 Å². The van der Waals surface area contributed by atoms with Crippen LogP contribution in [0, 0.1) is 6.92 Å².